The third-order valence-electron chi connectivity index (χ3n) is 3.78. The first-order valence-electron chi connectivity index (χ1n) is 7.01. The molecule has 120 valence electrons. The van der Waals surface area contributed by atoms with Crippen LogP contribution in [-0.4, -0.2) is 33.5 Å². The maximum Gasteiger partial charge on any atom is 0.276 e. The smallest absolute Gasteiger partial charge is 0.276 e. The molecule has 2 unspecified atom stereocenters. The number of carbonyl (C=O) groups is 1. The Hall–Kier alpha value is -2.41. The number of carbonyl (C=O) groups excluding carboxylic acids is 1. The zero-order valence-corrected chi connectivity index (χ0v) is 11.9. The Balaban J connectivity index is 1.94. The van der Waals surface area contributed by atoms with Gasteiger partial charge in [0.1, 0.15) is 11.6 Å². The third kappa shape index (κ3) is 3.05. The molecule has 4 nitrogen and oxygen atoms in total. The van der Waals surface area contributed by atoms with Gasteiger partial charge in [0.25, 0.3) is 5.91 Å². The largest absolute Gasteiger partial charge is 0.391 e. The fourth-order valence-electron chi connectivity index (χ4n) is 2.78. The Morgan fingerprint density at radius 3 is 2.70 bits per heavy atom. The fraction of sp³-hybridized carbons (Fsp3) is 0.250. The lowest BCUT2D eigenvalue weighted by Gasteiger charge is -2.24. The predicted octanol–water partition coefficient (Wildman–Crippen LogP) is 2.45. The summed E-state index contributed by atoms with van der Waals surface area (Å²) in [6, 6.07) is 5.62. The highest BCUT2D eigenvalue weighted by atomic mass is 19.1. The van der Waals surface area contributed by atoms with E-state index in [1.165, 1.54) is 23.1 Å². The van der Waals surface area contributed by atoms with E-state index in [1.807, 2.05) is 0 Å². The molecular formula is C16H13F3N2O2. The molecule has 0 bridgehead atoms. The lowest BCUT2D eigenvalue weighted by Crippen LogP contribution is -2.33. The molecule has 1 fully saturated rings. The number of amides is 1. The van der Waals surface area contributed by atoms with Crippen LogP contribution in [0.4, 0.5) is 13.2 Å². The summed E-state index contributed by atoms with van der Waals surface area (Å²) in [6.07, 6.45) is 0.147. The molecule has 1 N–H and O–H groups in total. The van der Waals surface area contributed by atoms with Crippen LogP contribution in [0.3, 0.4) is 0 Å². The van der Waals surface area contributed by atoms with Crippen LogP contribution in [0.1, 0.15) is 28.5 Å². The molecule has 1 amide bonds. The molecule has 7 heteroatoms. The first-order valence-corrected chi connectivity index (χ1v) is 7.01. The van der Waals surface area contributed by atoms with E-state index < -0.39 is 41.2 Å². The zero-order chi connectivity index (χ0) is 16.6. The van der Waals surface area contributed by atoms with Crippen LogP contribution in [-0.2, 0) is 0 Å². The molecule has 1 aliphatic heterocycles. The van der Waals surface area contributed by atoms with Gasteiger partial charge in [-0.3, -0.25) is 4.79 Å². The number of rotatable bonds is 2. The number of benzene rings is 1. The van der Waals surface area contributed by atoms with Gasteiger partial charge in [0, 0.05) is 12.6 Å². The average Bonchev–Trinajstić information content (AvgIpc) is 2.89. The monoisotopic (exact) mass is 322 g/mol. The minimum absolute atomic E-state index is 0.0293. The van der Waals surface area contributed by atoms with E-state index in [2.05, 4.69) is 4.98 Å². The number of nitrogens with zero attached hydrogens (tertiary/aromatic N) is 2. The standard InChI is InChI=1S/C16H13F3N2O2/c17-10-3-1-2-9(4-10)14-6-12(22)8-21(14)16(23)15-13(19)5-11(18)7-20-15/h1-5,7,12,14,22H,6,8H2. The Labute approximate surface area is 130 Å². The summed E-state index contributed by atoms with van der Waals surface area (Å²) in [5, 5.41) is 9.85. The van der Waals surface area contributed by atoms with Gasteiger partial charge in [0.2, 0.25) is 0 Å². The van der Waals surface area contributed by atoms with Crippen LogP contribution < -0.4 is 0 Å². The molecule has 3 rings (SSSR count). The number of aliphatic hydroxyl groups is 1. The van der Waals surface area contributed by atoms with Gasteiger partial charge in [-0.2, -0.15) is 0 Å². The molecule has 23 heavy (non-hydrogen) atoms. The van der Waals surface area contributed by atoms with E-state index in [9.17, 15) is 23.1 Å². The minimum Gasteiger partial charge on any atom is -0.391 e. The van der Waals surface area contributed by atoms with Crippen molar-refractivity contribution in [2.75, 3.05) is 6.54 Å². The number of β-amino-alcohol motifs (C(OH)–C–C–N with tert-alkyl or cyclic N) is 1. The van der Waals surface area contributed by atoms with Crippen molar-refractivity contribution in [3.8, 4) is 0 Å². The van der Waals surface area contributed by atoms with E-state index in [0.717, 1.165) is 6.20 Å². The molecule has 0 aliphatic carbocycles. The van der Waals surface area contributed by atoms with Crippen LogP contribution in [0.2, 0.25) is 0 Å². The molecule has 1 aromatic carbocycles. The quantitative estimate of drug-likeness (QED) is 0.924. The zero-order valence-electron chi connectivity index (χ0n) is 11.9. The second-order valence-electron chi connectivity index (χ2n) is 5.40. The molecule has 2 atom stereocenters. The number of aromatic nitrogens is 1. The molecule has 0 spiro atoms. The maximum atomic E-state index is 13.8. The molecule has 0 radical (unpaired) electrons. The van der Waals surface area contributed by atoms with Gasteiger partial charge in [-0.1, -0.05) is 12.1 Å². The number of hydrogen-bond donors (Lipinski definition) is 1. The number of hydrogen-bond acceptors (Lipinski definition) is 3. The molecular weight excluding hydrogens is 309 g/mol. The lowest BCUT2D eigenvalue weighted by molar-refractivity contribution is 0.0704. The Morgan fingerprint density at radius 2 is 2.00 bits per heavy atom. The molecule has 2 aromatic rings. The van der Waals surface area contributed by atoms with Crippen LogP contribution in [0.15, 0.2) is 36.5 Å². The summed E-state index contributed by atoms with van der Waals surface area (Å²) in [4.78, 5) is 17.2. The topological polar surface area (TPSA) is 53.4 Å². The van der Waals surface area contributed by atoms with Crippen molar-refractivity contribution in [2.45, 2.75) is 18.6 Å². The van der Waals surface area contributed by atoms with Crippen molar-refractivity contribution in [3.05, 3.63) is 65.2 Å². The van der Waals surface area contributed by atoms with E-state index in [0.29, 0.717) is 11.6 Å². The van der Waals surface area contributed by atoms with Crippen molar-refractivity contribution in [1.29, 1.82) is 0 Å². The summed E-state index contributed by atoms with van der Waals surface area (Å²) in [7, 11) is 0. The first-order chi connectivity index (χ1) is 11.0. The van der Waals surface area contributed by atoms with Crippen molar-refractivity contribution >= 4 is 5.91 Å². The average molecular weight is 322 g/mol. The highest BCUT2D eigenvalue weighted by Gasteiger charge is 2.37. The van der Waals surface area contributed by atoms with Gasteiger partial charge in [0.05, 0.1) is 18.3 Å². The number of halogens is 3. The second-order valence-corrected chi connectivity index (χ2v) is 5.40. The fourth-order valence-corrected chi connectivity index (χ4v) is 2.78. The van der Waals surface area contributed by atoms with Crippen LogP contribution in [0.25, 0.3) is 0 Å². The second kappa shape index (κ2) is 6.00. The van der Waals surface area contributed by atoms with Crippen molar-refractivity contribution in [3.63, 3.8) is 0 Å². The summed E-state index contributed by atoms with van der Waals surface area (Å²) in [5.74, 6) is -3.20. The third-order valence-corrected chi connectivity index (χ3v) is 3.78. The van der Waals surface area contributed by atoms with Gasteiger partial charge in [-0.05, 0) is 24.1 Å². The maximum absolute atomic E-state index is 13.8. The normalized spacial score (nSPS) is 20.8. The van der Waals surface area contributed by atoms with E-state index in [1.54, 1.807) is 6.07 Å². The molecule has 1 aliphatic rings. The summed E-state index contributed by atoms with van der Waals surface area (Å²) >= 11 is 0. The van der Waals surface area contributed by atoms with E-state index in [4.69, 9.17) is 0 Å². The Kier molecular flexibility index (Phi) is 4.04. The molecule has 1 saturated heterocycles. The summed E-state index contributed by atoms with van der Waals surface area (Å²) in [5.41, 5.74) is -0.0284. The molecule has 2 heterocycles. The van der Waals surface area contributed by atoms with E-state index in [-0.39, 0.29) is 13.0 Å². The predicted molar refractivity (Wildman–Crippen MR) is 75.0 cm³/mol. The highest BCUT2D eigenvalue weighted by molar-refractivity contribution is 5.93. The van der Waals surface area contributed by atoms with Gasteiger partial charge in [0.15, 0.2) is 11.5 Å². The first kappa shape index (κ1) is 15.5. The summed E-state index contributed by atoms with van der Waals surface area (Å²) < 4.78 is 40.1. The Bertz CT molecular complexity index is 754. The van der Waals surface area contributed by atoms with Gasteiger partial charge < -0.3 is 10.0 Å². The van der Waals surface area contributed by atoms with Crippen LogP contribution in [0.5, 0.6) is 0 Å². The minimum atomic E-state index is -1.07. The van der Waals surface area contributed by atoms with Crippen molar-refractivity contribution in [2.24, 2.45) is 0 Å². The number of aliphatic hydroxyl groups excluding tert-OH is 1. The molecule has 0 saturated carbocycles. The van der Waals surface area contributed by atoms with E-state index >= 15 is 0 Å². The van der Waals surface area contributed by atoms with Crippen LogP contribution in [0, 0.1) is 17.5 Å². The Morgan fingerprint density at radius 1 is 1.22 bits per heavy atom. The summed E-state index contributed by atoms with van der Waals surface area (Å²) in [6.45, 7) is -0.0293. The number of pyridine rings is 1. The van der Waals surface area contributed by atoms with Gasteiger partial charge in [-0.15, -0.1) is 0 Å². The van der Waals surface area contributed by atoms with Crippen molar-refractivity contribution in [1.82, 2.24) is 9.88 Å². The SMILES string of the molecule is O=C(c1ncc(F)cc1F)N1CC(O)CC1c1cccc(F)c1. The van der Waals surface area contributed by atoms with Gasteiger partial charge >= 0.3 is 0 Å². The van der Waals surface area contributed by atoms with Gasteiger partial charge in [-0.25, -0.2) is 18.2 Å². The number of likely N-dealkylation sites (tertiary alicyclic amines) is 1. The highest BCUT2D eigenvalue weighted by Crippen LogP contribution is 2.33. The lowest BCUT2D eigenvalue weighted by atomic mass is 10.0. The van der Waals surface area contributed by atoms with Crippen LogP contribution >= 0.6 is 0 Å². The van der Waals surface area contributed by atoms with Crippen molar-refractivity contribution < 1.29 is 23.1 Å². The molecule has 1 aromatic heterocycles.